The number of morpholine rings is 1. The summed E-state index contributed by atoms with van der Waals surface area (Å²) in [4.78, 5) is 34.9. The van der Waals surface area contributed by atoms with Gasteiger partial charge in [-0.1, -0.05) is 0 Å². The van der Waals surface area contributed by atoms with Crippen molar-refractivity contribution in [3.05, 3.63) is 33.9 Å². The fourth-order valence-corrected chi connectivity index (χ4v) is 1.92. The number of carbonyl (C=O) groups is 2. The van der Waals surface area contributed by atoms with Gasteiger partial charge in [0, 0.05) is 12.6 Å². The van der Waals surface area contributed by atoms with Crippen LogP contribution >= 0.6 is 0 Å². The van der Waals surface area contributed by atoms with Gasteiger partial charge in [-0.05, 0) is 12.1 Å². The average Bonchev–Trinajstić information content (AvgIpc) is 2.46. The molecule has 8 heteroatoms. The molecule has 0 bridgehead atoms. The first-order chi connectivity index (χ1) is 9.54. The zero-order valence-corrected chi connectivity index (χ0v) is 10.7. The lowest BCUT2D eigenvalue weighted by Crippen LogP contribution is -2.42. The van der Waals surface area contributed by atoms with E-state index in [0.29, 0.717) is 6.61 Å². The molecular weight excluding hydrogens is 268 g/mol. The average molecular weight is 280 g/mol. The van der Waals surface area contributed by atoms with Crippen molar-refractivity contribution >= 4 is 23.3 Å². The summed E-state index contributed by atoms with van der Waals surface area (Å²) in [5.74, 6) is -1.03. The molecule has 1 aliphatic heterocycles. The monoisotopic (exact) mass is 280 g/mol. The molecule has 1 aliphatic rings. The fraction of sp³-hybridized carbons (Fsp3) is 0.333. The number of carbonyl (C=O) groups excluding carboxylic acids is 2. The summed E-state index contributed by atoms with van der Waals surface area (Å²) < 4.78 is 9.49. The van der Waals surface area contributed by atoms with E-state index in [-0.39, 0.29) is 36.0 Å². The molecule has 106 valence electrons. The third-order valence-corrected chi connectivity index (χ3v) is 2.87. The third-order valence-electron chi connectivity index (χ3n) is 2.87. The van der Waals surface area contributed by atoms with E-state index in [0.717, 1.165) is 6.07 Å². The molecule has 1 heterocycles. The Morgan fingerprint density at radius 3 is 2.85 bits per heavy atom. The predicted molar refractivity (Wildman–Crippen MR) is 67.6 cm³/mol. The Labute approximate surface area is 114 Å². The molecule has 1 aromatic rings. The smallest absolute Gasteiger partial charge is 0.338 e. The minimum absolute atomic E-state index is 0.0589. The van der Waals surface area contributed by atoms with Crippen molar-refractivity contribution in [1.82, 2.24) is 0 Å². The van der Waals surface area contributed by atoms with E-state index in [9.17, 15) is 19.7 Å². The van der Waals surface area contributed by atoms with Crippen LogP contribution < -0.4 is 4.90 Å². The number of hydrogen-bond acceptors (Lipinski definition) is 6. The minimum Gasteiger partial charge on any atom is -0.465 e. The van der Waals surface area contributed by atoms with Crippen molar-refractivity contribution in [2.24, 2.45) is 0 Å². The number of amides is 1. The Morgan fingerprint density at radius 2 is 2.25 bits per heavy atom. The highest BCUT2D eigenvalue weighted by Crippen LogP contribution is 2.30. The molecule has 0 atom stereocenters. The number of hydrogen-bond donors (Lipinski definition) is 0. The Hall–Kier alpha value is -2.48. The highest BCUT2D eigenvalue weighted by atomic mass is 16.6. The van der Waals surface area contributed by atoms with Crippen molar-refractivity contribution in [2.75, 3.05) is 31.8 Å². The molecule has 2 rings (SSSR count). The summed E-state index contributed by atoms with van der Waals surface area (Å²) in [6.07, 6.45) is 0. The lowest BCUT2D eigenvalue weighted by atomic mass is 10.1. The van der Waals surface area contributed by atoms with Gasteiger partial charge in [0.15, 0.2) is 0 Å². The maximum absolute atomic E-state index is 11.7. The van der Waals surface area contributed by atoms with Crippen molar-refractivity contribution in [3.8, 4) is 0 Å². The van der Waals surface area contributed by atoms with Crippen LogP contribution in [0.2, 0.25) is 0 Å². The lowest BCUT2D eigenvalue weighted by molar-refractivity contribution is -0.384. The molecule has 0 aromatic heterocycles. The number of nitrogens with zero attached hydrogens (tertiary/aromatic N) is 2. The maximum atomic E-state index is 11.7. The first-order valence-electron chi connectivity index (χ1n) is 5.79. The van der Waals surface area contributed by atoms with Crippen LogP contribution in [-0.4, -0.2) is 43.7 Å². The van der Waals surface area contributed by atoms with Crippen LogP contribution in [0.25, 0.3) is 0 Å². The number of ether oxygens (including phenoxy) is 2. The van der Waals surface area contributed by atoms with Gasteiger partial charge in [-0.15, -0.1) is 0 Å². The van der Waals surface area contributed by atoms with Crippen LogP contribution in [0, 0.1) is 10.1 Å². The van der Waals surface area contributed by atoms with Crippen LogP contribution in [0.4, 0.5) is 11.4 Å². The lowest BCUT2D eigenvalue weighted by Gasteiger charge is -2.26. The van der Waals surface area contributed by atoms with Crippen LogP contribution in [0.5, 0.6) is 0 Å². The number of nitro benzene ring substituents is 1. The van der Waals surface area contributed by atoms with Gasteiger partial charge < -0.3 is 14.4 Å². The molecule has 0 aliphatic carbocycles. The van der Waals surface area contributed by atoms with E-state index in [1.54, 1.807) is 0 Å². The topological polar surface area (TPSA) is 99.0 Å². The summed E-state index contributed by atoms with van der Waals surface area (Å²) in [7, 11) is 1.19. The minimum atomic E-state index is -0.673. The van der Waals surface area contributed by atoms with Crippen LogP contribution in [0.15, 0.2) is 18.2 Å². The van der Waals surface area contributed by atoms with Gasteiger partial charge >= 0.3 is 5.97 Å². The number of rotatable bonds is 3. The first kappa shape index (κ1) is 13.9. The van der Waals surface area contributed by atoms with Crippen molar-refractivity contribution in [3.63, 3.8) is 0 Å². The molecule has 0 saturated carbocycles. The largest absolute Gasteiger partial charge is 0.465 e. The molecule has 0 unspecified atom stereocenters. The quantitative estimate of drug-likeness (QED) is 0.460. The maximum Gasteiger partial charge on any atom is 0.338 e. The summed E-state index contributed by atoms with van der Waals surface area (Å²) in [6, 6.07) is 3.86. The second-order valence-electron chi connectivity index (χ2n) is 4.05. The van der Waals surface area contributed by atoms with Gasteiger partial charge in [0.25, 0.3) is 11.6 Å². The van der Waals surface area contributed by atoms with Crippen LogP contribution in [-0.2, 0) is 14.3 Å². The van der Waals surface area contributed by atoms with E-state index in [1.807, 2.05) is 0 Å². The van der Waals surface area contributed by atoms with Crippen molar-refractivity contribution in [2.45, 2.75) is 0 Å². The van der Waals surface area contributed by atoms with E-state index in [4.69, 9.17) is 4.74 Å². The van der Waals surface area contributed by atoms with E-state index < -0.39 is 10.9 Å². The van der Waals surface area contributed by atoms with Gasteiger partial charge in [0.1, 0.15) is 12.3 Å². The zero-order valence-electron chi connectivity index (χ0n) is 10.7. The normalized spacial score (nSPS) is 15.1. The molecule has 1 amide bonds. The summed E-state index contributed by atoms with van der Waals surface area (Å²) in [6.45, 7) is 0.425. The molecule has 8 nitrogen and oxygen atoms in total. The summed E-state index contributed by atoms with van der Waals surface area (Å²) >= 11 is 0. The second kappa shape index (κ2) is 5.66. The van der Waals surface area contributed by atoms with Crippen LogP contribution in [0.1, 0.15) is 10.4 Å². The molecule has 0 radical (unpaired) electrons. The standard InChI is InChI=1S/C12H12N2O6/c1-19-12(16)8-2-3-9(10(6-8)14(17)18)13-4-5-20-7-11(13)15/h2-3,6H,4-5,7H2,1H3. The zero-order chi connectivity index (χ0) is 14.7. The van der Waals surface area contributed by atoms with Crippen molar-refractivity contribution < 1.29 is 24.0 Å². The molecule has 0 spiro atoms. The van der Waals surface area contributed by atoms with Gasteiger partial charge in [0.05, 0.1) is 24.2 Å². The van der Waals surface area contributed by atoms with Gasteiger partial charge in [-0.3, -0.25) is 14.9 Å². The Kier molecular flexibility index (Phi) is 3.94. The molecule has 20 heavy (non-hydrogen) atoms. The predicted octanol–water partition coefficient (Wildman–Crippen LogP) is 0.745. The SMILES string of the molecule is COC(=O)c1ccc(N2CCOCC2=O)c([N+](=O)[O-])c1. The molecule has 1 aromatic carbocycles. The fourth-order valence-electron chi connectivity index (χ4n) is 1.92. The van der Waals surface area contributed by atoms with E-state index in [1.165, 1.54) is 24.1 Å². The second-order valence-corrected chi connectivity index (χ2v) is 4.05. The van der Waals surface area contributed by atoms with Crippen molar-refractivity contribution in [1.29, 1.82) is 0 Å². The summed E-state index contributed by atoms with van der Waals surface area (Å²) in [5.41, 5.74) is -0.109. The number of anilines is 1. The Balaban J connectivity index is 2.44. The van der Waals surface area contributed by atoms with Gasteiger partial charge in [-0.2, -0.15) is 0 Å². The third kappa shape index (κ3) is 2.59. The highest BCUT2D eigenvalue weighted by molar-refractivity contribution is 5.98. The highest BCUT2D eigenvalue weighted by Gasteiger charge is 2.28. The number of nitro groups is 1. The summed E-state index contributed by atoms with van der Waals surface area (Å²) in [5, 5.41) is 11.1. The first-order valence-corrected chi connectivity index (χ1v) is 5.79. The van der Waals surface area contributed by atoms with Crippen LogP contribution in [0.3, 0.4) is 0 Å². The van der Waals surface area contributed by atoms with Gasteiger partial charge in [0.2, 0.25) is 0 Å². The van der Waals surface area contributed by atoms with E-state index >= 15 is 0 Å². The number of esters is 1. The Bertz CT molecular complexity index is 571. The van der Waals surface area contributed by atoms with E-state index in [2.05, 4.69) is 4.74 Å². The molecule has 1 saturated heterocycles. The number of benzene rings is 1. The molecular formula is C12H12N2O6. The Morgan fingerprint density at radius 1 is 1.50 bits per heavy atom. The van der Waals surface area contributed by atoms with Gasteiger partial charge in [-0.25, -0.2) is 4.79 Å². The molecule has 1 fully saturated rings. The molecule has 0 N–H and O–H groups in total. The number of methoxy groups -OCH3 is 1.